The monoisotopic (exact) mass is 278 g/mol. The van der Waals surface area contributed by atoms with Gasteiger partial charge in [-0.25, -0.2) is 0 Å². The van der Waals surface area contributed by atoms with Gasteiger partial charge in [-0.05, 0) is 25.7 Å². The predicted molar refractivity (Wildman–Crippen MR) is 61.2 cm³/mol. The van der Waals surface area contributed by atoms with Gasteiger partial charge in [0, 0.05) is 26.2 Å². The van der Waals surface area contributed by atoms with Crippen molar-refractivity contribution in [3.63, 3.8) is 0 Å². The van der Waals surface area contributed by atoms with E-state index < -0.39 is 18.0 Å². The van der Waals surface area contributed by atoms with E-state index in [0.29, 0.717) is 25.9 Å². The summed E-state index contributed by atoms with van der Waals surface area (Å²) in [5, 5.41) is 0. The molecule has 2 rings (SSSR count). The zero-order valence-electron chi connectivity index (χ0n) is 10.6. The summed E-state index contributed by atoms with van der Waals surface area (Å²) in [7, 11) is 0. The number of amides is 2. The molecular weight excluding hydrogens is 261 g/mol. The molecule has 0 spiro atoms. The largest absolute Gasteiger partial charge is 0.471 e. The summed E-state index contributed by atoms with van der Waals surface area (Å²) in [5.74, 6) is -2.40. The van der Waals surface area contributed by atoms with Gasteiger partial charge in [0.1, 0.15) is 0 Å². The summed E-state index contributed by atoms with van der Waals surface area (Å²) in [6.45, 7) is 1.35. The lowest BCUT2D eigenvalue weighted by Crippen LogP contribution is -2.49. The van der Waals surface area contributed by atoms with Crippen molar-refractivity contribution in [2.75, 3.05) is 26.2 Å². The van der Waals surface area contributed by atoms with Gasteiger partial charge in [-0.1, -0.05) is 0 Å². The average Bonchev–Trinajstić information content (AvgIpc) is 2.90. The molecule has 0 radical (unpaired) electrons. The van der Waals surface area contributed by atoms with Crippen LogP contribution in [0.25, 0.3) is 0 Å². The maximum atomic E-state index is 12.4. The Kier molecular flexibility index (Phi) is 4.01. The van der Waals surface area contributed by atoms with Crippen molar-refractivity contribution in [1.29, 1.82) is 0 Å². The number of carbonyl (C=O) groups excluding carboxylic acids is 2. The molecule has 7 heteroatoms. The average molecular weight is 278 g/mol. The maximum Gasteiger partial charge on any atom is 0.471 e. The Balaban J connectivity index is 1.97. The molecule has 0 aromatic heterocycles. The van der Waals surface area contributed by atoms with Crippen molar-refractivity contribution >= 4 is 11.8 Å². The summed E-state index contributed by atoms with van der Waals surface area (Å²) in [4.78, 5) is 25.8. The van der Waals surface area contributed by atoms with Crippen molar-refractivity contribution in [3.05, 3.63) is 0 Å². The number of hydrogen-bond acceptors (Lipinski definition) is 2. The minimum atomic E-state index is -4.85. The Hall–Kier alpha value is -1.27. The molecule has 0 saturated carbocycles. The highest BCUT2D eigenvalue weighted by atomic mass is 19.4. The quantitative estimate of drug-likeness (QED) is 0.727. The fraction of sp³-hybridized carbons (Fsp3) is 0.833. The van der Waals surface area contributed by atoms with Crippen LogP contribution in [-0.2, 0) is 9.59 Å². The molecule has 0 aromatic rings. The summed E-state index contributed by atoms with van der Waals surface area (Å²) in [6, 6.07) is 0. The lowest BCUT2D eigenvalue weighted by atomic mass is 9.96. The fourth-order valence-corrected chi connectivity index (χ4v) is 2.74. The molecule has 2 heterocycles. The van der Waals surface area contributed by atoms with Gasteiger partial charge in [0.15, 0.2) is 0 Å². The van der Waals surface area contributed by atoms with Crippen LogP contribution in [0.5, 0.6) is 0 Å². The van der Waals surface area contributed by atoms with Crippen LogP contribution in [0.15, 0.2) is 0 Å². The first-order valence-corrected chi connectivity index (χ1v) is 6.54. The van der Waals surface area contributed by atoms with Crippen LogP contribution >= 0.6 is 0 Å². The highest BCUT2D eigenvalue weighted by Crippen LogP contribution is 2.25. The number of halogens is 3. The molecule has 2 aliphatic heterocycles. The molecule has 4 nitrogen and oxygen atoms in total. The van der Waals surface area contributed by atoms with Gasteiger partial charge in [0.25, 0.3) is 0 Å². The van der Waals surface area contributed by atoms with E-state index in [1.807, 2.05) is 0 Å². The Morgan fingerprint density at radius 3 is 2.11 bits per heavy atom. The van der Waals surface area contributed by atoms with Gasteiger partial charge in [0.05, 0.1) is 5.92 Å². The lowest BCUT2D eigenvalue weighted by molar-refractivity contribution is -0.187. The van der Waals surface area contributed by atoms with Crippen LogP contribution in [0, 0.1) is 5.92 Å². The molecule has 108 valence electrons. The van der Waals surface area contributed by atoms with Gasteiger partial charge >= 0.3 is 12.1 Å². The number of nitrogens with zero attached hydrogens (tertiary/aromatic N) is 2. The smallest absolute Gasteiger partial charge is 0.342 e. The van der Waals surface area contributed by atoms with E-state index >= 15 is 0 Å². The number of hydrogen-bond donors (Lipinski definition) is 0. The number of alkyl halides is 3. The zero-order chi connectivity index (χ0) is 14.0. The molecule has 2 aliphatic rings. The molecule has 0 aliphatic carbocycles. The second kappa shape index (κ2) is 5.38. The van der Waals surface area contributed by atoms with E-state index in [0.717, 1.165) is 17.7 Å². The van der Waals surface area contributed by atoms with Gasteiger partial charge in [-0.15, -0.1) is 0 Å². The highest BCUT2D eigenvalue weighted by Gasteiger charge is 2.44. The molecule has 1 atom stereocenters. The number of likely N-dealkylation sites (tertiary alicyclic amines) is 2. The second-order valence-corrected chi connectivity index (χ2v) is 5.12. The van der Waals surface area contributed by atoms with Gasteiger partial charge < -0.3 is 9.80 Å². The number of piperidine rings is 1. The van der Waals surface area contributed by atoms with Crippen LogP contribution in [0.4, 0.5) is 13.2 Å². The summed E-state index contributed by atoms with van der Waals surface area (Å²) >= 11 is 0. The second-order valence-electron chi connectivity index (χ2n) is 5.12. The molecular formula is C12H17F3N2O2. The van der Waals surface area contributed by atoms with E-state index in [4.69, 9.17) is 0 Å². The molecule has 2 saturated heterocycles. The van der Waals surface area contributed by atoms with Gasteiger partial charge in [-0.3, -0.25) is 9.59 Å². The number of carbonyl (C=O) groups is 2. The first-order chi connectivity index (χ1) is 8.89. The third-order valence-electron chi connectivity index (χ3n) is 3.72. The molecule has 0 aromatic carbocycles. The van der Waals surface area contributed by atoms with Crippen LogP contribution in [-0.4, -0.2) is 54.0 Å². The third-order valence-corrected chi connectivity index (χ3v) is 3.72. The van der Waals surface area contributed by atoms with E-state index in [1.54, 1.807) is 4.90 Å². The standard InChI is InChI=1S/C12H17F3N2O2/c13-12(14,15)11(19)17-7-3-4-9(8-17)10(18)16-5-1-2-6-16/h9H,1-8H2. The van der Waals surface area contributed by atoms with Crippen molar-refractivity contribution < 1.29 is 22.8 Å². The van der Waals surface area contributed by atoms with E-state index in [1.165, 1.54) is 0 Å². The maximum absolute atomic E-state index is 12.4. The van der Waals surface area contributed by atoms with Crippen LogP contribution < -0.4 is 0 Å². The topological polar surface area (TPSA) is 40.6 Å². The minimum absolute atomic E-state index is 0.0854. The summed E-state index contributed by atoms with van der Waals surface area (Å²) in [5.41, 5.74) is 0. The van der Waals surface area contributed by atoms with Crippen molar-refractivity contribution in [3.8, 4) is 0 Å². The van der Waals surface area contributed by atoms with Crippen LogP contribution in [0.3, 0.4) is 0 Å². The van der Waals surface area contributed by atoms with Crippen molar-refractivity contribution in [2.45, 2.75) is 31.9 Å². The normalized spacial score (nSPS) is 24.7. The Labute approximate surface area is 109 Å². The molecule has 0 bridgehead atoms. The molecule has 0 N–H and O–H groups in total. The highest BCUT2D eigenvalue weighted by molar-refractivity contribution is 5.84. The van der Waals surface area contributed by atoms with E-state index in [9.17, 15) is 22.8 Å². The zero-order valence-corrected chi connectivity index (χ0v) is 10.6. The Morgan fingerprint density at radius 2 is 1.53 bits per heavy atom. The van der Waals surface area contributed by atoms with Gasteiger partial charge in [-0.2, -0.15) is 13.2 Å². The van der Waals surface area contributed by atoms with Crippen LogP contribution in [0.2, 0.25) is 0 Å². The molecule has 2 amide bonds. The SMILES string of the molecule is O=C(C1CCCN(C(=O)C(F)(F)F)C1)N1CCCC1. The third kappa shape index (κ3) is 3.19. The van der Waals surface area contributed by atoms with Crippen molar-refractivity contribution in [2.24, 2.45) is 5.92 Å². The van der Waals surface area contributed by atoms with Gasteiger partial charge in [0.2, 0.25) is 5.91 Å². The van der Waals surface area contributed by atoms with Crippen LogP contribution in [0.1, 0.15) is 25.7 Å². The summed E-state index contributed by atoms with van der Waals surface area (Å²) < 4.78 is 37.1. The first kappa shape index (κ1) is 14.1. The Morgan fingerprint density at radius 1 is 0.947 bits per heavy atom. The fourth-order valence-electron chi connectivity index (χ4n) is 2.74. The van der Waals surface area contributed by atoms with E-state index in [-0.39, 0.29) is 19.0 Å². The first-order valence-electron chi connectivity index (χ1n) is 6.54. The predicted octanol–water partition coefficient (Wildman–Crippen LogP) is 1.41. The number of rotatable bonds is 1. The minimum Gasteiger partial charge on any atom is -0.342 e. The lowest BCUT2D eigenvalue weighted by Gasteiger charge is -2.34. The summed E-state index contributed by atoms with van der Waals surface area (Å²) in [6.07, 6.45) is -1.94. The Bertz CT molecular complexity index is 364. The molecule has 1 unspecified atom stereocenters. The van der Waals surface area contributed by atoms with E-state index in [2.05, 4.69) is 0 Å². The molecule has 2 fully saturated rings. The molecule has 19 heavy (non-hydrogen) atoms. The van der Waals surface area contributed by atoms with Crippen molar-refractivity contribution in [1.82, 2.24) is 9.80 Å².